The van der Waals surface area contributed by atoms with Gasteiger partial charge in [-0.3, -0.25) is 0 Å². The highest BCUT2D eigenvalue weighted by Gasteiger charge is 2.47. The number of halogens is 12. The van der Waals surface area contributed by atoms with Crippen molar-refractivity contribution in [3.05, 3.63) is 129 Å². The monoisotopic (exact) mass is 980 g/mol. The van der Waals surface area contributed by atoms with Crippen LogP contribution in [0, 0.1) is 0 Å². The zero-order valence-corrected chi connectivity index (χ0v) is 39.3. The van der Waals surface area contributed by atoms with Gasteiger partial charge in [0.05, 0.1) is 42.0 Å². The molecule has 0 saturated carbocycles. The Balaban J connectivity index is 1.76. The lowest BCUT2D eigenvalue weighted by atomic mass is 9.76. The van der Waals surface area contributed by atoms with Crippen molar-refractivity contribution in [3.63, 3.8) is 0 Å². The first-order chi connectivity index (χ1) is 31.6. The van der Waals surface area contributed by atoms with Crippen molar-refractivity contribution in [1.82, 2.24) is 0 Å². The summed E-state index contributed by atoms with van der Waals surface area (Å²) in [6.07, 6.45) is -20.4. The van der Waals surface area contributed by atoms with Crippen LogP contribution in [0.2, 0.25) is 0 Å². The Morgan fingerprint density at radius 1 is 0.565 bits per heavy atom. The normalized spacial score (nSPS) is 18.0. The average Bonchev–Trinajstić information content (AvgIpc) is 3.39. The minimum atomic E-state index is -5.26. The summed E-state index contributed by atoms with van der Waals surface area (Å²) in [7, 11) is 2.46. The maximum atomic E-state index is 14.7. The van der Waals surface area contributed by atoms with Gasteiger partial charge < -0.3 is 18.9 Å². The molecule has 69 heavy (non-hydrogen) atoms. The van der Waals surface area contributed by atoms with Gasteiger partial charge in [-0.15, -0.1) is 0 Å². The molecule has 0 aromatic heterocycles. The van der Waals surface area contributed by atoms with E-state index in [0.29, 0.717) is 41.0 Å². The van der Waals surface area contributed by atoms with E-state index >= 15 is 0 Å². The molecule has 0 N–H and O–H groups in total. The second kappa shape index (κ2) is 17.4. The number of benzene rings is 5. The number of nitrogens with zero attached hydrogens (tertiary/aromatic N) is 1. The Morgan fingerprint density at radius 2 is 0.986 bits per heavy atom. The predicted octanol–water partition coefficient (Wildman–Crippen LogP) is 15.2. The number of fused-ring (bicyclic) bond motifs is 3. The molecule has 17 heteroatoms. The highest BCUT2D eigenvalue weighted by Crippen LogP contribution is 2.54. The lowest BCUT2D eigenvalue weighted by Crippen LogP contribution is -2.49. The summed E-state index contributed by atoms with van der Waals surface area (Å²) < 4.78 is 203. The van der Waals surface area contributed by atoms with Gasteiger partial charge in [-0.1, -0.05) is 71.9 Å². The van der Waals surface area contributed by atoms with Crippen molar-refractivity contribution in [2.75, 3.05) is 20.8 Å². The SMILES string of the molecule is COc1c(C(C)(C)C)cc2c(c1-c1cc(C(F)(F)F)cc(C(F)(F)F)c1)C=[N+]([C@H]1COC(C)(C)O[C@H]1c1ccccc1)Cc1c-2cc(C(C)(C)C)c(OC)c1-c1cc(C(F)(F)F)cc(C(F)(F)F)c1. The predicted molar refractivity (Wildman–Crippen MR) is 236 cm³/mol. The summed E-state index contributed by atoms with van der Waals surface area (Å²) in [5, 5.41) is 0. The van der Waals surface area contributed by atoms with E-state index in [1.807, 2.05) is 0 Å². The van der Waals surface area contributed by atoms with Gasteiger partial charge in [0.1, 0.15) is 24.2 Å². The van der Waals surface area contributed by atoms with Gasteiger partial charge in [0.2, 0.25) is 6.04 Å². The van der Waals surface area contributed by atoms with Crippen LogP contribution < -0.4 is 9.47 Å². The molecule has 1 fully saturated rings. The smallest absolute Gasteiger partial charge is 0.416 e. The van der Waals surface area contributed by atoms with Gasteiger partial charge in [-0.2, -0.15) is 52.7 Å². The van der Waals surface area contributed by atoms with Crippen molar-refractivity contribution in [3.8, 4) is 44.9 Å². The van der Waals surface area contributed by atoms with Crippen molar-refractivity contribution in [2.24, 2.45) is 0 Å². The summed E-state index contributed by atoms with van der Waals surface area (Å²) in [6.45, 7) is 13.3. The molecule has 2 heterocycles. The molecule has 2 aliphatic rings. The molecule has 0 bridgehead atoms. The maximum absolute atomic E-state index is 14.7. The molecule has 0 aliphatic carbocycles. The van der Waals surface area contributed by atoms with E-state index in [1.54, 1.807) is 102 Å². The van der Waals surface area contributed by atoms with E-state index in [9.17, 15) is 52.7 Å². The molecule has 370 valence electrons. The van der Waals surface area contributed by atoms with E-state index < -0.39 is 86.8 Å². The van der Waals surface area contributed by atoms with Crippen molar-refractivity contribution in [1.29, 1.82) is 0 Å². The van der Waals surface area contributed by atoms with Crippen LogP contribution in [0.15, 0.2) is 78.9 Å². The molecule has 1 saturated heterocycles. The Hall–Kier alpha value is -5.55. The molecule has 0 amide bonds. The maximum Gasteiger partial charge on any atom is 0.416 e. The fraction of sp³-hybridized carbons (Fsp3) is 0.404. The molecule has 2 atom stereocenters. The number of rotatable bonds is 6. The first kappa shape index (κ1) is 51.3. The van der Waals surface area contributed by atoms with Crippen LogP contribution in [0.3, 0.4) is 0 Å². The second-order valence-electron chi connectivity index (χ2n) is 19.8. The molecular formula is C52H50F12NO4+. The van der Waals surface area contributed by atoms with Gasteiger partial charge in [0, 0.05) is 27.8 Å². The van der Waals surface area contributed by atoms with Gasteiger partial charge >= 0.3 is 24.7 Å². The van der Waals surface area contributed by atoms with Gasteiger partial charge in [-0.05, 0) is 101 Å². The van der Waals surface area contributed by atoms with Crippen LogP contribution >= 0.6 is 0 Å². The van der Waals surface area contributed by atoms with E-state index in [0.717, 1.165) is 0 Å². The highest BCUT2D eigenvalue weighted by atomic mass is 19.4. The van der Waals surface area contributed by atoms with Gasteiger partial charge in [-0.25, -0.2) is 4.58 Å². The van der Waals surface area contributed by atoms with Crippen LogP contribution in [0.25, 0.3) is 33.4 Å². The second-order valence-corrected chi connectivity index (χ2v) is 19.8. The van der Waals surface area contributed by atoms with E-state index in [2.05, 4.69) is 0 Å². The molecule has 0 radical (unpaired) electrons. The minimum Gasteiger partial charge on any atom is -0.496 e. The van der Waals surface area contributed by atoms with Crippen LogP contribution in [0.5, 0.6) is 11.5 Å². The summed E-state index contributed by atoms with van der Waals surface area (Å²) in [5.74, 6) is -1.35. The first-order valence-electron chi connectivity index (χ1n) is 21.7. The average molecular weight is 981 g/mol. The molecule has 7 rings (SSSR count). The number of methoxy groups -OCH3 is 2. The first-order valence-corrected chi connectivity index (χ1v) is 21.7. The van der Waals surface area contributed by atoms with Gasteiger partial charge in [0.25, 0.3) is 0 Å². The fourth-order valence-electron chi connectivity index (χ4n) is 9.07. The van der Waals surface area contributed by atoms with E-state index in [4.69, 9.17) is 18.9 Å². The van der Waals surface area contributed by atoms with Crippen LogP contribution in [-0.4, -0.2) is 43.4 Å². The summed E-state index contributed by atoms with van der Waals surface area (Å²) >= 11 is 0. The Kier molecular flexibility index (Phi) is 12.9. The Morgan fingerprint density at radius 3 is 1.41 bits per heavy atom. The number of hydrogen-bond donors (Lipinski definition) is 0. The molecule has 5 aromatic rings. The summed E-state index contributed by atoms with van der Waals surface area (Å²) in [4.78, 5) is 0. The third kappa shape index (κ3) is 10.2. The van der Waals surface area contributed by atoms with Crippen LogP contribution in [0.1, 0.15) is 112 Å². The van der Waals surface area contributed by atoms with Crippen LogP contribution in [-0.2, 0) is 51.6 Å². The van der Waals surface area contributed by atoms with Crippen molar-refractivity contribution in [2.45, 2.75) is 115 Å². The van der Waals surface area contributed by atoms with Crippen molar-refractivity contribution < 1.29 is 76.2 Å². The van der Waals surface area contributed by atoms with Crippen molar-refractivity contribution >= 4 is 6.21 Å². The van der Waals surface area contributed by atoms with Gasteiger partial charge in [0.15, 0.2) is 18.5 Å². The fourth-order valence-corrected chi connectivity index (χ4v) is 9.07. The zero-order chi connectivity index (χ0) is 51.2. The lowest BCUT2D eigenvalue weighted by molar-refractivity contribution is -0.607. The van der Waals surface area contributed by atoms with E-state index in [-0.39, 0.29) is 70.2 Å². The topological polar surface area (TPSA) is 39.9 Å². The molecule has 5 aromatic carbocycles. The summed E-state index contributed by atoms with van der Waals surface area (Å²) in [5.41, 5.74) is -8.00. The minimum absolute atomic E-state index is 0.00885. The lowest BCUT2D eigenvalue weighted by Gasteiger charge is -2.39. The van der Waals surface area contributed by atoms with Crippen LogP contribution in [0.4, 0.5) is 52.7 Å². The molecule has 0 spiro atoms. The number of hydrogen-bond acceptors (Lipinski definition) is 4. The number of alkyl halides is 12. The number of ether oxygens (including phenoxy) is 4. The Bertz CT molecular complexity index is 2740. The Labute approximate surface area is 391 Å². The van der Waals surface area contributed by atoms with E-state index in [1.165, 1.54) is 20.4 Å². The molecule has 2 aliphatic heterocycles. The third-order valence-electron chi connectivity index (χ3n) is 12.3. The highest BCUT2D eigenvalue weighted by molar-refractivity contribution is 6.02. The zero-order valence-electron chi connectivity index (χ0n) is 39.3. The molecular weight excluding hydrogens is 931 g/mol. The standard InChI is InChI=1S/C52H50F12NO4/c1-46(2,3)38-22-34-35-23-39(47(4,5)6)45(67-10)42(29-18-32(51(59,60)61)21-33(19-29)52(62,63)64)37(35)25-65(40-26-68-48(7,8)69-43(40)27-14-12-11-13-15-27)24-36(34)41(44(38)66-9)28-16-30(49(53,54)55)20-31(17-28)50(56,57)58/h11-24,40,43H,25-26H2,1-10H3/q+1/t40-,43-/m0/s1. The largest absolute Gasteiger partial charge is 0.496 e. The quantitative estimate of drug-likeness (QED) is 0.126. The third-order valence-corrected chi connectivity index (χ3v) is 12.3. The summed E-state index contributed by atoms with van der Waals surface area (Å²) in [6, 6.07) is 13.6. The molecule has 0 unspecified atom stereocenters. The molecule has 5 nitrogen and oxygen atoms in total.